The van der Waals surface area contributed by atoms with Gasteiger partial charge >= 0.3 is 0 Å². The Morgan fingerprint density at radius 2 is 1.75 bits per heavy atom. The highest BCUT2D eigenvalue weighted by Gasteiger charge is 2.16. The highest BCUT2D eigenvalue weighted by Crippen LogP contribution is 2.34. The van der Waals surface area contributed by atoms with Gasteiger partial charge in [0.15, 0.2) is 11.5 Å². The molecule has 4 aromatic rings. The number of hydrogen-bond acceptors (Lipinski definition) is 7. The number of nitrogens with zero attached hydrogens (tertiary/aromatic N) is 1. The third-order valence-electron chi connectivity index (χ3n) is 4.70. The molecule has 32 heavy (non-hydrogen) atoms. The van der Waals surface area contributed by atoms with Gasteiger partial charge in [0.2, 0.25) is 0 Å². The molecule has 1 aromatic heterocycles. The fourth-order valence-electron chi connectivity index (χ4n) is 2.99. The van der Waals surface area contributed by atoms with Gasteiger partial charge in [-0.2, -0.15) is 5.10 Å². The summed E-state index contributed by atoms with van der Waals surface area (Å²) in [6.45, 7) is 1.45. The topological polar surface area (TPSA) is 156 Å². The van der Waals surface area contributed by atoms with Crippen molar-refractivity contribution >= 4 is 39.7 Å². The minimum atomic E-state index is -0.426. The summed E-state index contributed by atoms with van der Waals surface area (Å²) in [7, 11) is 1.57. The van der Waals surface area contributed by atoms with Crippen molar-refractivity contribution in [3.05, 3.63) is 71.9 Å². The number of nitrogens with two attached hydrogens (primary N) is 2. The molecule has 0 unspecified atom stereocenters. The zero-order chi connectivity index (χ0) is 23.3. The minimum absolute atomic E-state index is 0.0683. The average Bonchev–Trinajstić information content (AvgIpc) is 3.23. The number of rotatable bonds is 4. The minimum Gasteiger partial charge on any atom is -0.505 e. The van der Waals surface area contributed by atoms with Crippen LogP contribution in [0, 0.1) is 0 Å². The maximum absolute atomic E-state index is 12.4. The number of methoxy groups -OCH3 is 1. The molecule has 0 bridgehead atoms. The number of amides is 1. The number of nitrogens with one attached hydrogen (secondary N) is 2. The van der Waals surface area contributed by atoms with E-state index in [1.807, 2.05) is 18.2 Å². The normalized spacial score (nSPS) is 10.2. The Morgan fingerprint density at radius 1 is 1.06 bits per heavy atom. The standard InChI is InChI=1S/C18H16N2O3.C5H7N3O/c1-23-13-8-6-12(7-9-13)20-18(22)15-10-11-4-2-3-5-14(11)16(19)17(15)21;1-3(9)4-2-7-8-5(4)6/h2-10,21H,19H2,1H3,(H,20,22);2H,1H3,(H3,6,7,8). The van der Waals surface area contributed by atoms with Crippen molar-refractivity contribution in [3.8, 4) is 11.5 Å². The Balaban J connectivity index is 0.000000269. The van der Waals surface area contributed by atoms with Crippen LogP contribution in [-0.4, -0.2) is 34.1 Å². The van der Waals surface area contributed by atoms with E-state index in [2.05, 4.69) is 15.5 Å². The molecule has 0 atom stereocenters. The van der Waals surface area contributed by atoms with E-state index in [-0.39, 0.29) is 22.8 Å². The number of ketones is 1. The second-order valence-corrected chi connectivity index (χ2v) is 6.84. The van der Waals surface area contributed by atoms with Gasteiger partial charge in [-0.25, -0.2) is 0 Å². The van der Waals surface area contributed by atoms with Crippen molar-refractivity contribution in [2.24, 2.45) is 0 Å². The lowest BCUT2D eigenvalue weighted by Gasteiger charge is -2.11. The Labute approximate surface area is 184 Å². The number of Topliss-reactive ketones (excluding diaryl/α,β-unsaturated/α-hetero) is 1. The zero-order valence-electron chi connectivity index (χ0n) is 17.5. The number of H-pyrrole nitrogens is 1. The molecule has 0 spiro atoms. The highest BCUT2D eigenvalue weighted by atomic mass is 16.5. The number of carbonyl (C=O) groups excluding carboxylic acids is 2. The molecule has 1 heterocycles. The Kier molecular flexibility index (Phi) is 6.59. The number of nitrogen functional groups attached to an aromatic ring is 2. The van der Waals surface area contributed by atoms with Crippen LogP contribution in [-0.2, 0) is 0 Å². The summed E-state index contributed by atoms with van der Waals surface area (Å²) in [6, 6.07) is 15.9. The second kappa shape index (κ2) is 9.52. The van der Waals surface area contributed by atoms with Crippen LogP contribution in [0.5, 0.6) is 11.5 Å². The molecule has 3 aromatic carbocycles. The van der Waals surface area contributed by atoms with Gasteiger partial charge < -0.3 is 26.6 Å². The number of phenolic OH excluding ortho intramolecular Hbond substituents is 1. The van der Waals surface area contributed by atoms with Gasteiger partial charge in [0, 0.05) is 11.1 Å². The number of ether oxygens (including phenoxy) is 1. The number of hydrogen-bond donors (Lipinski definition) is 5. The molecular weight excluding hydrogens is 410 g/mol. The van der Waals surface area contributed by atoms with Crippen LogP contribution in [0.1, 0.15) is 27.6 Å². The first-order chi connectivity index (χ1) is 15.3. The average molecular weight is 433 g/mol. The number of aromatic amines is 1. The van der Waals surface area contributed by atoms with Gasteiger partial charge in [-0.15, -0.1) is 0 Å². The zero-order valence-corrected chi connectivity index (χ0v) is 17.5. The molecule has 0 fully saturated rings. The van der Waals surface area contributed by atoms with E-state index < -0.39 is 5.91 Å². The van der Waals surface area contributed by atoms with Crippen molar-refractivity contribution in [2.75, 3.05) is 23.9 Å². The fourth-order valence-corrected chi connectivity index (χ4v) is 2.99. The summed E-state index contributed by atoms with van der Waals surface area (Å²) < 4.78 is 5.07. The number of aromatic hydroxyl groups is 1. The number of fused-ring (bicyclic) bond motifs is 1. The lowest BCUT2D eigenvalue weighted by Crippen LogP contribution is -2.12. The van der Waals surface area contributed by atoms with Crippen LogP contribution in [0.15, 0.2) is 60.8 Å². The van der Waals surface area contributed by atoms with Gasteiger partial charge in [0.1, 0.15) is 11.6 Å². The van der Waals surface area contributed by atoms with Crippen LogP contribution < -0.4 is 21.5 Å². The second-order valence-electron chi connectivity index (χ2n) is 6.84. The maximum Gasteiger partial charge on any atom is 0.259 e. The lowest BCUT2D eigenvalue weighted by molar-refractivity contribution is 0.101. The third kappa shape index (κ3) is 4.78. The summed E-state index contributed by atoms with van der Waals surface area (Å²) in [5.41, 5.74) is 12.6. The lowest BCUT2D eigenvalue weighted by atomic mass is 10.0. The maximum atomic E-state index is 12.4. The quantitative estimate of drug-likeness (QED) is 0.187. The Bertz CT molecular complexity index is 1270. The fraction of sp³-hybridized carbons (Fsp3) is 0.0870. The van der Waals surface area contributed by atoms with Crippen LogP contribution in [0.25, 0.3) is 10.8 Å². The predicted molar refractivity (Wildman–Crippen MR) is 124 cm³/mol. The van der Waals surface area contributed by atoms with Crippen molar-refractivity contribution in [3.63, 3.8) is 0 Å². The third-order valence-corrected chi connectivity index (χ3v) is 4.70. The number of anilines is 3. The summed E-state index contributed by atoms with van der Waals surface area (Å²) in [4.78, 5) is 23.0. The number of aromatic nitrogens is 2. The number of benzene rings is 3. The predicted octanol–water partition coefficient (Wildman–Crippen LogP) is 3.58. The highest BCUT2D eigenvalue weighted by molar-refractivity contribution is 6.11. The first-order valence-corrected chi connectivity index (χ1v) is 9.57. The van der Waals surface area contributed by atoms with Crippen LogP contribution in [0.3, 0.4) is 0 Å². The molecule has 0 radical (unpaired) electrons. The summed E-state index contributed by atoms with van der Waals surface area (Å²) in [6.07, 6.45) is 1.41. The number of carbonyl (C=O) groups is 2. The van der Waals surface area contributed by atoms with Crippen LogP contribution in [0.4, 0.5) is 17.2 Å². The molecule has 0 aliphatic carbocycles. The van der Waals surface area contributed by atoms with Crippen LogP contribution >= 0.6 is 0 Å². The van der Waals surface area contributed by atoms with Crippen molar-refractivity contribution in [1.29, 1.82) is 0 Å². The summed E-state index contributed by atoms with van der Waals surface area (Å²) in [5.74, 6) is 0.323. The Morgan fingerprint density at radius 3 is 2.31 bits per heavy atom. The number of phenols is 1. The van der Waals surface area contributed by atoms with E-state index in [0.29, 0.717) is 28.2 Å². The molecule has 0 saturated carbocycles. The van der Waals surface area contributed by atoms with E-state index in [9.17, 15) is 14.7 Å². The molecule has 0 aliphatic rings. The molecule has 9 heteroatoms. The van der Waals surface area contributed by atoms with E-state index in [1.54, 1.807) is 43.5 Å². The van der Waals surface area contributed by atoms with Gasteiger partial charge in [0.05, 0.1) is 30.1 Å². The molecule has 7 N–H and O–H groups in total. The van der Waals surface area contributed by atoms with E-state index in [4.69, 9.17) is 16.2 Å². The molecule has 1 amide bonds. The first-order valence-electron chi connectivity index (χ1n) is 9.57. The SMILES string of the molecule is CC(=O)c1cn[nH]c1N.COc1ccc(NC(=O)c2cc3ccccc3c(N)c2O)cc1. The monoisotopic (exact) mass is 433 g/mol. The van der Waals surface area contributed by atoms with Gasteiger partial charge in [-0.05, 0) is 42.6 Å². The molecule has 0 aliphatic heterocycles. The first kappa shape index (κ1) is 22.2. The molecular formula is C23H23N5O4. The smallest absolute Gasteiger partial charge is 0.259 e. The van der Waals surface area contributed by atoms with Crippen molar-refractivity contribution in [1.82, 2.24) is 10.2 Å². The van der Waals surface area contributed by atoms with Crippen molar-refractivity contribution in [2.45, 2.75) is 6.92 Å². The molecule has 9 nitrogen and oxygen atoms in total. The molecule has 164 valence electrons. The van der Waals surface area contributed by atoms with Crippen molar-refractivity contribution < 1.29 is 19.4 Å². The molecule has 4 rings (SSSR count). The van der Waals surface area contributed by atoms with E-state index in [0.717, 1.165) is 5.39 Å². The van der Waals surface area contributed by atoms with Gasteiger partial charge in [-0.1, -0.05) is 24.3 Å². The van der Waals surface area contributed by atoms with Crippen LogP contribution in [0.2, 0.25) is 0 Å². The van der Waals surface area contributed by atoms with E-state index in [1.165, 1.54) is 13.1 Å². The van der Waals surface area contributed by atoms with Gasteiger partial charge in [0.25, 0.3) is 5.91 Å². The summed E-state index contributed by atoms with van der Waals surface area (Å²) >= 11 is 0. The van der Waals surface area contributed by atoms with Gasteiger partial charge in [-0.3, -0.25) is 14.7 Å². The summed E-state index contributed by atoms with van der Waals surface area (Å²) in [5, 5.41) is 20.5. The van der Waals surface area contributed by atoms with E-state index >= 15 is 0 Å². The Hall–Kier alpha value is -4.53. The molecule has 0 saturated heterocycles. The largest absolute Gasteiger partial charge is 0.505 e.